The lowest BCUT2D eigenvalue weighted by atomic mass is 10.2. The minimum absolute atomic E-state index is 0.0198. The Kier molecular flexibility index (Phi) is 6.19. The maximum atomic E-state index is 13.2. The largest absolute Gasteiger partial charge is 0.495 e. The fourth-order valence-electron chi connectivity index (χ4n) is 2.73. The van der Waals surface area contributed by atoms with Crippen molar-refractivity contribution in [3.8, 4) is 11.4 Å². The number of thioether (sulfide) groups is 1. The van der Waals surface area contributed by atoms with Crippen molar-refractivity contribution >= 4 is 40.2 Å². The fraction of sp³-hybridized carbons (Fsp3) is 0.286. The molecule has 6 nitrogen and oxygen atoms in total. The molecule has 3 aromatic rings. The summed E-state index contributed by atoms with van der Waals surface area (Å²) in [7, 11) is 1.52. The van der Waals surface area contributed by atoms with Gasteiger partial charge in [-0.3, -0.25) is 14.2 Å². The molecule has 1 heterocycles. The van der Waals surface area contributed by atoms with Crippen molar-refractivity contribution in [1.82, 2.24) is 9.55 Å². The number of rotatable bonds is 5. The lowest BCUT2D eigenvalue weighted by Crippen LogP contribution is -2.26. The van der Waals surface area contributed by atoms with Crippen molar-refractivity contribution in [2.24, 2.45) is 0 Å². The highest BCUT2D eigenvalue weighted by Gasteiger charge is 2.19. The second-order valence-corrected chi connectivity index (χ2v) is 8.60. The van der Waals surface area contributed by atoms with Crippen LogP contribution in [-0.2, 0) is 9.53 Å². The van der Waals surface area contributed by atoms with E-state index in [2.05, 4.69) is 4.98 Å². The summed E-state index contributed by atoms with van der Waals surface area (Å²) in [5.74, 6) is 0.135. The van der Waals surface area contributed by atoms with E-state index >= 15 is 0 Å². The molecule has 1 aromatic heterocycles. The lowest BCUT2D eigenvalue weighted by molar-refractivity contribution is -0.151. The Morgan fingerprint density at radius 1 is 1.21 bits per heavy atom. The third kappa shape index (κ3) is 4.92. The minimum atomic E-state index is -0.586. The Morgan fingerprint density at radius 3 is 2.59 bits per heavy atom. The number of fused-ring (bicyclic) bond motifs is 1. The van der Waals surface area contributed by atoms with E-state index in [1.807, 2.05) is 6.07 Å². The fourth-order valence-corrected chi connectivity index (χ4v) is 3.76. The first-order valence-corrected chi connectivity index (χ1v) is 10.3. The van der Waals surface area contributed by atoms with Gasteiger partial charge in [-0.25, -0.2) is 4.98 Å². The van der Waals surface area contributed by atoms with Crippen LogP contribution in [0.3, 0.4) is 0 Å². The number of methoxy groups -OCH3 is 1. The minimum Gasteiger partial charge on any atom is -0.495 e. The van der Waals surface area contributed by atoms with Gasteiger partial charge in [-0.05, 0) is 51.1 Å². The summed E-state index contributed by atoms with van der Waals surface area (Å²) in [5.41, 5.74) is 0.256. The van der Waals surface area contributed by atoms with Crippen LogP contribution in [0.15, 0.2) is 52.4 Å². The predicted molar refractivity (Wildman–Crippen MR) is 115 cm³/mol. The second kappa shape index (κ2) is 8.47. The standard InChI is InChI=1S/C21H21ClN2O4S/c1-21(2,3)28-18(25)12-29-20-23-16-8-6-5-7-14(16)19(26)24(20)13-9-10-17(27-4)15(22)11-13/h5-11H,12H2,1-4H3. The summed E-state index contributed by atoms with van der Waals surface area (Å²) < 4.78 is 12.0. The molecule has 0 aliphatic rings. The van der Waals surface area contributed by atoms with Gasteiger partial charge in [0.2, 0.25) is 0 Å². The van der Waals surface area contributed by atoms with Gasteiger partial charge in [-0.15, -0.1) is 0 Å². The van der Waals surface area contributed by atoms with Gasteiger partial charge in [0.1, 0.15) is 11.4 Å². The maximum absolute atomic E-state index is 13.2. The third-order valence-corrected chi connectivity index (χ3v) is 5.09. The van der Waals surface area contributed by atoms with Crippen molar-refractivity contribution in [1.29, 1.82) is 0 Å². The summed E-state index contributed by atoms with van der Waals surface area (Å²) in [6.07, 6.45) is 0. The van der Waals surface area contributed by atoms with E-state index < -0.39 is 5.60 Å². The van der Waals surface area contributed by atoms with E-state index in [1.54, 1.807) is 57.2 Å². The van der Waals surface area contributed by atoms with Gasteiger partial charge < -0.3 is 9.47 Å². The van der Waals surface area contributed by atoms with Crippen LogP contribution >= 0.6 is 23.4 Å². The first-order chi connectivity index (χ1) is 13.7. The van der Waals surface area contributed by atoms with Crippen molar-refractivity contribution in [3.05, 3.63) is 57.8 Å². The molecule has 29 heavy (non-hydrogen) atoms. The van der Waals surface area contributed by atoms with Gasteiger partial charge in [0.25, 0.3) is 5.56 Å². The molecule has 0 amide bonds. The van der Waals surface area contributed by atoms with Crippen LogP contribution in [-0.4, -0.2) is 34.0 Å². The molecule has 0 fully saturated rings. The summed E-state index contributed by atoms with van der Waals surface area (Å²) in [4.78, 5) is 30.0. The number of aromatic nitrogens is 2. The van der Waals surface area contributed by atoms with Crippen LogP contribution in [0.5, 0.6) is 5.75 Å². The van der Waals surface area contributed by atoms with Gasteiger partial charge in [-0.2, -0.15) is 0 Å². The molecule has 3 rings (SSSR count). The first-order valence-electron chi connectivity index (χ1n) is 8.90. The van der Waals surface area contributed by atoms with Crippen molar-refractivity contribution in [3.63, 3.8) is 0 Å². The molecule has 0 N–H and O–H groups in total. The zero-order chi connectivity index (χ0) is 21.2. The van der Waals surface area contributed by atoms with E-state index in [4.69, 9.17) is 21.1 Å². The molecule has 0 saturated heterocycles. The molecule has 152 valence electrons. The Bertz CT molecular complexity index is 1120. The van der Waals surface area contributed by atoms with Crippen LogP contribution in [0.1, 0.15) is 20.8 Å². The number of carbonyl (C=O) groups is 1. The Hall–Kier alpha value is -2.51. The molecular weight excluding hydrogens is 412 g/mol. The number of nitrogens with zero attached hydrogens (tertiary/aromatic N) is 2. The number of carbonyl (C=O) groups excluding carboxylic acids is 1. The molecule has 0 spiro atoms. The molecule has 2 aromatic carbocycles. The molecule has 0 unspecified atom stereocenters. The zero-order valence-electron chi connectivity index (χ0n) is 16.6. The monoisotopic (exact) mass is 432 g/mol. The van der Waals surface area contributed by atoms with E-state index in [9.17, 15) is 9.59 Å². The van der Waals surface area contributed by atoms with Crippen molar-refractivity contribution < 1.29 is 14.3 Å². The third-order valence-electron chi connectivity index (χ3n) is 3.88. The second-order valence-electron chi connectivity index (χ2n) is 7.25. The van der Waals surface area contributed by atoms with E-state index in [1.165, 1.54) is 11.7 Å². The summed E-state index contributed by atoms with van der Waals surface area (Å²) >= 11 is 7.40. The Balaban J connectivity index is 2.08. The van der Waals surface area contributed by atoms with E-state index in [-0.39, 0.29) is 17.3 Å². The SMILES string of the molecule is COc1ccc(-n2c(SCC(=O)OC(C)(C)C)nc3ccccc3c2=O)cc1Cl. The zero-order valence-corrected chi connectivity index (χ0v) is 18.1. The lowest BCUT2D eigenvalue weighted by Gasteiger charge is -2.19. The van der Waals surface area contributed by atoms with Crippen LogP contribution in [0.4, 0.5) is 0 Å². The molecule has 0 radical (unpaired) electrons. The van der Waals surface area contributed by atoms with Gasteiger partial charge in [0.05, 0.1) is 34.5 Å². The highest BCUT2D eigenvalue weighted by molar-refractivity contribution is 7.99. The Labute approximate surface area is 177 Å². The molecule has 0 aliphatic heterocycles. The molecule has 0 bridgehead atoms. The van der Waals surface area contributed by atoms with Gasteiger partial charge >= 0.3 is 5.97 Å². The number of ether oxygens (including phenoxy) is 2. The number of para-hydroxylation sites is 1. The number of esters is 1. The van der Waals surface area contributed by atoms with Crippen LogP contribution in [0.25, 0.3) is 16.6 Å². The van der Waals surface area contributed by atoms with Crippen LogP contribution < -0.4 is 10.3 Å². The average Bonchev–Trinajstić information content (AvgIpc) is 2.65. The predicted octanol–water partition coefficient (Wildman–Crippen LogP) is 4.48. The van der Waals surface area contributed by atoms with Crippen LogP contribution in [0.2, 0.25) is 5.02 Å². The summed E-state index contributed by atoms with van der Waals surface area (Å²) in [6.45, 7) is 5.41. The highest BCUT2D eigenvalue weighted by Crippen LogP contribution is 2.28. The van der Waals surface area contributed by atoms with E-state index in [0.717, 1.165) is 11.8 Å². The van der Waals surface area contributed by atoms with Crippen molar-refractivity contribution in [2.75, 3.05) is 12.9 Å². The van der Waals surface area contributed by atoms with Gasteiger partial charge in [0, 0.05) is 0 Å². The topological polar surface area (TPSA) is 70.4 Å². The van der Waals surface area contributed by atoms with Crippen LogP contribution in [0, 0.1) is 0 Å². The van der Waals surface area contributed by atoms with Crippen molar-refractivity contribution in [2.45, 2.75) is 31.5 Å². The number of hydrogen-bond donors (Lipinski definition) is 0. The number of benzene rings is 2. The van der Waals surface area contributed by atoms with Gasteiger partial charge in [0.15, 0.2) is 5.16 Å². The smallest absolute Gasteiger partial charge is 0.316 e. The summed E-state index contributed by atoms with van der Waals surface area (Å²) in [6, 6.07) is 12.1. The molecule has 0 atom stereocenters. The average molecular weight is 433 g/mol. The molecular formula is C21H21ClN2O4S. The number of halogens is 1. The molecule has 0 aliphatic carbocycles. The number of hydrogen-bond acceptors (Lipinski definition) is 6. The maximum Gasteiger partial charge on any atom is 0.316 e. The molecule has 0 saturated carbocycles. The van der Waals surface area contributed by atoms with Gasteiger partial charge in [-0.1, -0.05) is 35.5 Å². The molecule has 8 heteroatoms. The summed E-state index contributed by atoms with van der Waals surface area (Å²) in [5, 5.41) is 1.22. The normalized spacial score (nSPS) is 11.5. The Morgan fingerprint density at radius 2 is 1.93 bits per heavy atom. The highest BCUT2D eigenvalue weighted by atomic mass is 35.5. The van der Waals surface area contributed by atoms with E-state index in [0.29, 0.717) is 32.5 Å². The quantitative estimate of drug-likeness (QED) is 0.336. The first kappa shape index (κ1) is 21.2.